The zero-order valence-electron chi connectivity index (χ0n) is 15.5. The number of hydrogen-bond acceptors (Lipinski definition) is 5. The lowest BCUT2D eigenvalue weighted by Gasteiger charge is -2.34. The molecular formula is C20H25ClN6. The van der Waals surface area contributed by atoms with Crippen molar-refractivity contribution in [2.45, 2.75) is 43.9 Å². The maximum absolute atomic E-state index is 6.63. The van der Waals surface area contributed by atoms with E-state index in [9.17, 15) is 0 Å². The van der Waals surface area contributed by atoms with E-state index >= 15 is 0 Å². The fraction of sp³-hybridized carbons (Fsp3) is 0.400. The SMILES string of the molecule is Cn1cc(C2=CNC(N)(c3cccc(Cl)c3)N=C2NC2CCCCC2)cn1. The minimum absolute atomic E-state index is 0.416. The summed E-state index contributed by atoms with van der Waals surface area (Å²) in [7, 11) is 1.91. The quantitative estimate of drug-likeness (QED) is 0.759. The van der Waals surface area contributed by atoms with E-state index in [-0.39, 0.29) is 0 Å². The van der Waals surface area contributed by atoms with Crippen molar-refractivity contribution < 1.29 is 0 Å². The predicted octanol–water partition coefficient (Wildman–Crippen LogP) is 3.11. The lowest BCUT2D eigenvalue weighted by atomic mass is 9.94. The Bertz CT molecular complexity index is 880. The van der Waals surface area contributed by atoms with E-state index < -0.39 is 5.79 Å². The summed E-state index contributed by atoms with van der Waals surface area (Å²) in [5.74, 6) is -0.260. The molecule has 2 aliphatic rings. The van der Waals surface area contributed by atoms with Crippen LogP contribution >= 0.6 is 11.6 Å². The van der Waals surface area contributed by atoms with Crippen molar-refractivity contribution in [1.82, 2.24) is 20.4 Å². The molecule has 2 aromatic rings. The molecule has 0 radical (unpaired) electrons. The van der Waals surface area contributed by atoms with E-state index in [0.717, 1.165) is 35.4 Å². The molecule has 1 aliphatic carbocycles. The zero-order valence-corrected chi connectivity index (χ0v) is 16.2. The highest BCUT2D eigenvalue weighted by molar-refractivity contribution is 6.30. The van der Waals surface area contributed by atoms with Gasteiger partial charge in [-0.25, -0.2) is 4.99 Å². The Morgan fingerprint density at radius 2 is 2.11 bits per heavy atom. The molecule has 27 heavy (non-hydrogen) atoms. The molecule has 0 bridgehead atoms. The molecule has 1 aliphatic heterocycles. The summed E-state index contributed by atoms with van der Waals surface area (Å²) in [5.41, 5.74) is 9.42. The van der Waals surface area contributed by atoms with Crippen LogP contribution in [0.5, 0.6) is 0 Å². The molecule has 1 aromatic carbocycles. The van der Waals surface area contributed by atoms with Gasteiger partial charge in [-0.05, 0) is 25.0 Å². The minimum atomic E-state index is -1.06. The maximum Gasteiger partial charge on any atom is 0.211 e. The van der Waals surface area contributed by atoms with Crippen LogP contribution in [0, 0.1) is 0 Å². The second-order valence-electron chi connectivity index (χ2n) is 7.32. The Kier molecular flexibility index (Phi) is 4.93. The summed E-state index contributed by atoms with van der Waals surface area (Å²) in [6, 6.07) is 7.92. The third-order valence-corrected chi connectivity index (χ3v) is 5.44. The number of halogens is 1. The van der Waals surface area contributed by atoms with Crippen LogP contribution in [0.1, 0.15) is 43.2 Å². The van der Waals surface area contributed by atoms with Crippen molar-refractivity contribution in [2.75, 3.05) is 0 Å². The highest BCUT2D eigenvalue weighted by Gasteiger charge is 2.32. The Labute approximate surface area is 164 Å². The van der Waals surface area contributed by atoms with Crippen molar-refractivity contribution in [1.29, 1.82) is 0 Å². The number of aliphatic imine (C=N–C) groups is 1. The molecule has 1 fully saturated rings. The van der Waals surface area contributed by atoms with Gasteiger partial charge in [0.2, 0.25) is 5.79 Å². The minimum Gasteiger partial charge on any atom is -0.367 e. The smallest absolute Gasteiger partial charge is 0.211 e. The van der Waals surface area contributed by atoms with Gasteiger partial charge in [0.05, 0.1) is 6.20 Å². The third-order valence-electron chi connectivity index (χ3n) is 5.21. The van der Waals surface area contributed by atoms with Crippen LogP contribution in [0.15, 0.2) is 47.9 Å². The normalized spacial score (nSPS) is 23.4. The molecular weight excluding hydrogens is 360 g/mol. The highest BCUT2D eigenvalue weighted by Crippen LogP contribution is 2.28. The van der Waals surface area contributed by atoms with Gasteiger partial charge in [0, 0.05) is 47.2 Å². The second-order valence-corrected chi connectivity index (χ2v) is 7.76. The van der Waals surface area contributed by atoms with Gasteiger partial charge in [0.25, 0.3) is 0 Å². The van der Waals surface area contributed by atoms with E-state index in [4.69, 9.17) is 22.3 Å². The molecule has 0 amide bonds. The molecule has 142 valence electrons. The van der Waals surface area contributed by atoms with E-state index in [1.165, 1.54) is 19.3 Å². The first kappa shape index (κ1) is 18.1. The van der Waals surface area contributed by atoms with Crippen LogP contribution in [-0.4, -0.2) is 21.7 Å². The molecule has 2 heterocycles. The van der Waals surface area contributed by atoms with Crippen molar-refractivity contribution in [2.24, 2.45) is 17.8 Å². The number of aromatic nitrogens is 2. The maximum atomic E-state index is 6.63. The number of benzene rings is 1. The topological polar surface area (TPSA) is 80.3 Å². The highest BCUT2D eigenvalue weighted by atomic mass is 35.5. The van der Waals surface area contributed by atoms with Crippen molar-refractivity contribution in [3.8, 4) is 0 Å². The van der Waals surface area contributed by atoms with Crippen LogP contribution in [0.4, 0.5) is 0 Å². The third kappa shape index (κ3) is 3.87. The van der Waals surface area contributed by atoms with Crippen LogP contribution in [-0.2, 0) is 12.8 Å². The number of nitrogens with zero attached hydrogens (tertiary/aromatic N) is 3. The van der Waals surface area contributed by atoms with Crippen LogP contribution in [0.3, 0.4) is 0 Å². The second kappa shape index (κ2) is 7.37. The number of hydrogen-bond donors (Lipinski definition) is 3. The van der Waals surface area contributed by atoms with Gasteiger partial charge in [-0.1, -0.05) is 43.0 Å². The van der Waals surface area contributed by atoms with E-state index in [1.54, 1.807) is 4.68 Å². The van der Waals surface area contributed by atoms with Gasteiger partial charge < -0.3 is 10.6 Å². The molecule has 4 N–H and O–H groups in total. The van der Waals surface area contributed by atoms with Gasteiger partial charge in [0.1, 0.15) is 5.84 Å². The molecule has 1 unspecified atom stereocenters. The Balaban J connectivity index is 1.69. The number of rotatable bonds is 3. The number of nitrogens with one attached hydrogen (secondary N) is 2. The van der Waals surface area contributed by atoms with Crippen LogP contribution in [0.2, 0.25) is 5.02 Å². The van der Waals surface area contributed by atoms with E-state index in [2.05, 4.69) is 15.7 Å². The molecule has 7 heteroatoms. The average Bonchev–Trinajstić information content (AvgIpc) is 3.09. The Hall–Kier alpha value is -2.31. The summed E-state index contributed by atoms with van der Waals surface area (Å²) >= 11 is 6.17. The summed E-state index contributed by atoms with van der Waals surface area (Å²) in [4.78, 5) is 4.89. The number of aryl methyl sites for hydroxylation is 1. The molecule has 6 nitrogen and oxygen atoms in total. The average molecular weight is 385 g/mol. The molecule has 0 saturated heterocycles. The van der Waals surface area contributed by atoms with E-state index in [0.29, 0.717) is 11.1 Å². The summed E-state index contributed by atoms with van der Waals surface area (Å²) < 4.78 is 1.79. The van der Waals surface area contributed by atoms with Crippen LogP contribution in [0.25, 0.3) is 5.57 Å². The molecule has 1 atom stereocenters. The van der Waals surface area contributed by atoms with Gasteiger partial charge in [-0.15, -0.1) is 0 Å². The first-order valence-corrected chi connectivity index (χ1v) is 9.80. The largest absolute Gasteiger partial charge is 0.367 e. The summed E-state index contributed by atoms with van der Waals surface area (Å²) in [6.45, 7) is 0. The fourth-order valence-corrected chi connectivity index (χ4v) is 3.91. The molecule has 0 spiro atoms. The summed E-state index contributed by atoms with van der Waals surface area (Å²) in [6.07, 6.45) is 11.9. The van der Waals surface area contributed by atoms with Gasteiger partial charge in [0.15, 0.2) is 0 Å². The van der Waals surface area contributed by atoms with Crippen molar-refractivity contribution in [3.63, 3.8) is 0 Å². The number of nitrogens with two attached hydrogens (primary N) is 1. The monoisotopic (exact) mass is 384 g/mol. The first-order chi connectivity index (χ1) is 13.0. The number of amidine groups is 1. The van der Waals surface area contributed by atoms with Gasteiger partial charge in [-0.2, -0.15) is 5.10 Å². The zero-order chi connectivity index (χ0) is 18.9. The van der Waals surface area contributed by atoms with Crippen LogP contribution < -0.4 is 16.4 Å². The Morgan fingerprint density at radius 1 is 1.30 bits per heavy atom. The van der Waals surface area contributed by atoms with E-state index in [1.807, 2.05) is 49.9 Å². The molecule has 4 rings (SSSR count). The molecule has 1 aromatic heterocycles. The summed E-state index contributed by atoms with van der Waals surface area (Å²) in [5, 5.41) is 11.8. The molecule has 1 saturated carbocycles. The standard InChI is InChI=1S/C20H25ClN6/c1-27-13-14(11-24-27)18-12-23-20(22,15-6-5-7-16(21)10-15)26-19(18)25-17-8-3-2-4-9-17/h5-7,10-13,17,23H,2-4,8-9,22H2,1H3,(H,25,26). The van der Waals surface area contributed by atoms with Gasteiger partial charge in [-0.3, -0.25) is 10.4 Å². The van der Waals surface area contributed by atoms with Crippen molar-refractivity contribution >= 4 is 23.0 Å². The van der Waals surface area contributed by atoms with Crippen molar-refractivity contribution in [3.05, 3.63) is 59.0 Å². The Morgan fingerprint density at radius 3 is 2.81 bits per heavy atom. The first-order valence-electron chi connectivity index (χ1n) is 9.42. The van der Waals surface area contributed by atoms with Gasteiger partial charge >= 0.3 is 0 Å². The lowest BCUT2D eigenvalue weighted by Crippen LogP contribution is -2.52. The fourth-order valence-electron chi connectivity index (χ4n) is 3.72. The predicted molar refractivity (Wildman–Crippen MR) is 109 cm³/mol. The lowest BCUT2D eigenvalue weighted by molar-refractivity contribution is 0.393.